The summed E-state index contributed by atoms with van der Waals surface area (Å²) < 4.78 is 0. The van der Waals surface area contributed by atoms with Gasteiger partial charge in [0.05, 0.1) is 6.54 Å². The summed E-state index contributed by atoms with van der Waals surface area (Å²) in [6.07, 6.45) is 0.523. The first-order chi connectivity index (χ1) is 8.56. The van der Waals surface area contributed by atoms with Gasteiger partial charge in [-0.3, -0.25) is 14.5 Å². The quantitative estimate of drug-likeness (QED) is 0.793. The Bertz CT molecular complexity index is 409. The van der Waals surface area contributed by atoms with Crippen molar-refractivity contribution >= 4 is 17.7 Å². The molecule has 1 fully saturated rings. The minimum atomic E-state index is -0.866. The van der Waals surface area contributed by atoms with E-state index in [1.165, 1.54) is 0 Å². The van der Waals surface area contributed by atoms with Gasteiger partial charge in [0.25, 0.3) is 5.91 Å². The first-order valence-electron chi connectivity index (χ1n) is 6.73. The molecule has 1 atom stereocenters. The van der Waals surface area contributed by atoms with Crippen LogP contribution < -0.4 is 5.32 Å². The lowest BCUT2D eigenvalue weighted by Gasteiger charge is -2.29. The number of urea groups is 1. The van der Waals surface area contributed by atoms with Gasteiger partial charge in [-0.1, -0.05) is 41.5 Å². The molecule has 1 heterocycles. The van der Waals surface area contributed by atoms with E-state index < -0.39 is 17.0 Å². The SMILES string of the molecule is CC[C@]1(C(C)C)NC(=O)N(CC(=O)C(C)(C)C)C1=O. The van der Waals surface area contributed by atoms with E-state index in [1.54, 1.807) is 20.8 Å². The van der Waals surface area contributed by atoms with E-state index in [-0.39, 0.29) is 24.2 Å². The Labute approximate surface area is 114 Å². The normalized spacial score (nSPS) is 24.1. The molecule has 19 heavy (non-hydrogen) atoms. The van der Waals surface area contributed by atoms with Crippen LogP contribution in [0.3, 0.4) is 0 Å². The second-order valence-corrected chi connectivity index (χ2v) is 6.47. The number of ketones is 1. The number of nitrogens with one attached hydrogen (secondary N) is 1. The van der Waals surface area contributed by atoms with Crippen LogP contribution in [0, 0.1) is 11.3 Å². The lowest BCUT2D eigenvalue weighted by molar-refractivity contribution is -0.137. The fourth-order valence-corrected chi connectivity index (χ4v) is 2.21. The van der Waals surface area contributed by atoms with Crippen LogP contribution in [-0.4, -0.2) is 34.7 Å². The van der Waals surface area contributed by atoms with Gasteiger partial charge in [0.2, 0.25) is 0 Å². The monoisotopic (exact) mass is 268 g/mol. The molecule has 3 amide bonds. The summed E-state index contributed by atoms with van der Waals surface area (Å²) in [6, 6.07) is -0.460. The molecule has 5 nitrogen and oxygen atoms in total. The lowest BCUT2D eigenvalue weighted by Crippen LogP contribution is -2.51. The highest BCUT2D eigenvalue weighted by Crippen LogP contribution is 2.29. The van der Waals surface area contributed by atoms with Crippen molar-refractivity contribution < 1.29 is 14.4 Å². The van der Waals surface area contributed by atoms with Crippen LogP contribution >= 0.6 is 0 Å². The number of hydrogen-bond donors (Lipinski definition) is 1. The van der Waals surface area contributed by atoms with Crippen molar-refractivity contribution in [3.63, 3.8) is 0 Å². The molecule has 0 aromatic heterocycles. The van der Waals surface area contributed by atoms with Gasteiger partial charge in [0.1, 0.15) is 5.54 Å². The summed E-state index contributed by atoms with van der Waals surface area (Å²) in [6.45, 7) is 10.9. The Morgan fingerprint density at radius 1 is 1.32 bits per heavy atom. The Kier molecular flexibility index (Phi) is 4.08. The van der Waals surface area contributed by atoms with E-state index in [0.717, 1.165) is 4.90 Å². The fourth-order valence-electron chi connectivity index (χ4n) is 2.21. The number of carbonyl (C=O) groups excluding carboxylic acids is 3. The van der Waals surface area contributed by atoms with Gasteiger partial charge in [-0.05, 0) is 12.3 Å². The van der Waals surface area contributed by atoms with Crippen LogP contribution in [0.1, 0.15) is 48.0 Å². The van der Waals surface area contributed by atoms with Crippen molar-refractivity contribution in [1.82, 2.24) is 10.2 Å². The van der Waals surface area contributed by atoms with E-state index in [0.29, 0.717) is 6.42 Å². The number of amides is 3. The van der Waals surface area contributed by atoms with Crippen molar-refractivity contribution in [3.05, 3.63) is 0 Å². The first kappa shape index (κ1) is 15.7. The number of hydrogen-bond acceptors (Lipinski definition) is 3. The third-order valence-electron chi connectivity index (χ3n) is 3.88. The highest BCUT2D eigenvalue weighted by atomic mass is 16.2. The molecule has 0 aromatic rings. The van der Waals surface area contributed by atoms with Crippen LogP contribution in [0.4, 0.5) is 4.79 Å². The van der Waals surface area contributed by atoms with E-state index in [2.05, 4.69) is 5.32 Å². The summed E-state index contributed by atoms with van der Waals surface area (Å²) in [5.41, 5.74) is -1.43. The molecular formula is C14H24N2O3. The van der Waals surface area contributed by atoms with Crippen molar-refractivity contribution in [2.45, 2.75) is 53.5 Å². The van der Waals surface area contributed by atoms with E-state index in [1.807, 2.05) is 20.8 Å². The molecule has 0 aromatic carbocycles. The molecular weight excluding hydrogens is 244 g/mol. The summed E-state index contributed by atoms with van der Waals surface area (Å²) in [7, 11) is 0. The summed E-state index contributed by atoms with van der Waals surface area (Å²) in [5.74, 6) is -0.414. The molecule has 1 aliphatic heterocycles. The predicted octanol–water partition coefficient (Wildman–Crippen LogP) is 1.96. The molecule has 1 aliphatic rings. The van der Waals surface area contributed by atoms with Gasteiger partial charge < -0.3 is 5.32 Å². The standard InChI is InChI=1S/C14H24N2O3/c1-7-14(9(2)3)11(18)16(12(19)15-14)8-10(17)13(4,5)6/h9H,7-8H2,1-6H3,(H,15,19)/t14-/m1/s1. The molecule has 108 valence electrons. The van der Waals surface area contributed by atoms with E-state index >= 15 is 0 Å². The second-order valence-electron chi connectivity index (χ2n) is 6.47. The highest BCUT2D eigenvalue weighted by molar-refractivity contribution is 6.09. The third-order valence-corrected chi connectivity index (χ3v) is 3.88. The Morgan fingerprint density at radius 2 is 1.84 bits per heavy atom. The zero-order valence-corrected chi connectivity index (χ0v) is 12.7. The molecule has 5 heteroatoms. The van der Waals surface area contributed by atoms with Gasteiger partial charge in [-0.2, -0.15) is 0 Å². The van der Waals surface area contributed by atoms with Crippen LogP contribution in [0.15, 0.2) is 0 Å². The minimum absolute atomic E-state index is 0.0105. The lowest BCUT2D eigenvalue weighted by atomic mass is 9.83. The van der Waals surface area contributed by atoms with Gasteiger partial charge >= 0.3 is 6.03 Å². The molecule has 0 radical (unpaired) electrons. The van der Waals surface area contributed by atoms with Gasteiger partial charge in [-0.15, -0.1) is 0 Å². The third kappa shape index (κ3) is 2.65. The Hall–Kier alpha value is -1.39. The van der Waals surface area contributed by atoms with Gasteiger partial charge in [-0.25, -0.2) is 4.79 Å². The molecule has 0 aliphatic carbocycles. The number of Topliss-reactive ketones (excluding diaryl/α,β-unsaturated/α-hetero) is 1. The minimum Gasteiger partial charge on any atom is -0.323 e. The first-order valence-corrected chi connectivity index (χ1v) is 6.73. The maximum absolute atomic E-state index is 12.5. The maximum atomic E-state index is 12.5. The van der Waals surface area contributed by atoms with E-state index in [9.17, 15) is 14.4 Å². The molecule has 0 saturated carbocycles. The summed E-state index contributed by atoms with van der Waals surface area (Å²) in [4.78, 5) is 37.5. The number of nitrogens with zero attached hydrogens (tertiary/aromatic N) is 1. The molecule has 0 unspecified atom stereocenters. The summed E-state index contributed by atoms with van der Waals surface area (Å²) in [5, 5.41) is 2.76. The smallest absolute Gasteiger partial charge is 0.323 e. The van der Waals surface area contributed by atoms with Crippen LogP contribution in [0.25, 0.3) is 0 Å². The molecule has 1 rings (SSSR count). The van der Waals surface area contributed by atoms with Crippen molar-refractivity contribution in [2.24, 2.45) is 11.3 Å². The van der Waals surface area contributed by atoms with E-state index in [4.69, 9.17) is 0 Å². The fraction of sp³-hybridized carbons (Fsp3) is 0.786. The predicted molar refractivity (Wildman–Crippen MR) is 72.6 cm³/mol. The van der Waals surface area contributed by atoms with Crippen molar-refractivity contribution in [1.29, 1.82) is 0 Å². The molecule has 1 saturated heterocycles. The Morgan fingerprint density at radius 3 is 2.16 bits per heavy atom. The largest absolute Gasteiger partial charge is 0.325 e. The van der Waals surface area contributed by atoms with Gasteiger partial charge in [0, 0.05) is 5.41 Å². The zero-order valence-electron chi connectivity index (χ0n) is 12.7. The molecule has 0 bridgehead atoms. The number of rotatable bonds is 4. The average molecular weight is 268 g/mol. The van der Waals surface area contributed by atoms with Crippen LogP contribution in [0.5, 0.6) is 0 Å². The average Bonchev–Trinajstić information content (AvgIpc) is 2.52. The van der Waals surface area contributed by atoms with Gasteiger partial charge in [0.15, 0.2) is 5.78 Å². The molecule has 1 N–H and O–H groups in total. The van der Waals surface area contributed by atoms with Crippen LogP contribution in [0.2, 0.25) is 0 Å². The number of imide groups is 1. The topological polar surface area (TPSA) is 66.5 Å². The van der Waals surface area contributed by atoms with Crippen molar-refractivity contribution in [2.75, 3.05) is 6.54 Å². The van der Waals surface area contributed by atoms with Crippen molar-refractivity contribution in [3.8, 4) is 0 Å². The van der Waals surface area contributed by atoms with Crippen LogP contribution in [-0.2, 0) is 9.59 Å². The second kappa shape index (κ2) is 4.94. The highest BCUT2D eigenvalue weighted by Gasteiger charge is 2.52. The summed E-state index contributed by atoms with van der Waals surface area (Å²) >= 11 is 0. The molecule has 0 spiro atoms. The zero-order chi connectivity index (χ0) is 15.0. The number of carbonyl (C=O) groups is 3. The maximum Gasteiger partial charge on any atom is 0.325 e. The Balaban J connectivity index is 2.98.